The molecule has 1 heterocycles. The number of nitrogens with zero attached hydrogens (tertiary/aromatic N) is 2. The van der Waals surface area contributed by atoms with Crippen LogP contribution in [-0.4, -0.2) is 67.2 Å². The van der Waals surface area contributed by atoms with E-state index >= 15 is 0 Å². The van der Waals surface area contributed by atoms with Gasteiger partial charge in [0, 0.05) is 19.3 Å². The van der Waals surface area contributed by atoms with Crippen molar-refractivity contribution in [1.29, 1.82) is 0 Å². The first-order chi connectivity index (χ1) is 15.9. The van der Waals surface area contributed by atoms with Crippen LogP contribution in [0.5, 0.6) is 17.2 Å². The summed E-state index contributed by atoms with van der Waals surface area (Å²) < 4.78 is 16.1. The topological polar surface area (TPSA) is 80.3 Å². The van der Waals surface area contributed by atoms with Crippen molar-refractivity contribution < 1.29 is 23.8 Å². The number of anilines is 1. The van der Waals surface area contributed by atoms with Gasteiger partial charge in [-0.3, -0.25) is 14.5 Å². The summed E-state index contributed by atoms with van der Waals surface area (Å²) in [6, 6.07) is 12.2. The Balaban J connectivity index is 1.66. The van der Waals surface area contributed by atoms with E-state index in [-0.39, 0.29) is 18.2 Å². The zero-order valence-electron chi connectivity index (χ0n) is 19.3. The molecule has 1 atom stereocenters. The van der Waals surface area contributed by atoms with Crippen molar-refractivity contribution in [3.05, 3.63) is 48.0 Å². The Kier molecular flexibility index (Phi) is 8.11. The predicted molar refractivity (Wildman–Crippen MR) is 130 cm³/mol. The predicted octanol–water partition coefficient (Wildman–Crippen LogP) is 3.10. The molecule has 0 saturated carbocycles. The molecule has 0 radical (unpaired) electrons. The summed E-state index contributed by atoms with van der Waals surface area (Å²) in [5.41, 5.74) is 1.65. The van der Waals surface area contributed by atoms with Gasteiger partial charge in [-0.1, -0.05) is 6.07 Å². The number of amides is 2. The molecule has 1 aliphatic rings. The number of benzene rings is 2. The molecule has 33 heavy (non-hydrogen) atoms. The number of methoxy groups -OCH3 is 2. The lowest BCUT2D eigenvalue weighted by molar-refractivity contribution is -0.130. The van der Waals surface area contributed by atoms with Crippen LogP contribution in [0.2, 0.25) is 0 Å². The van der Waals surface area contributed by atoms with Gasteiger partial charge in [0.2, 0.25) is 5.91 Å². The number of carbonyl (C=O) groups excluding carboxylic acids is 2. The molecule has 2 aromatic carbocycles. The summed E-state index contributed by atoms with van der Waals surface area (Å²) in [4.78, 5) is 28.7. The molecule has 0 aliphatic carbocycles. The van der Waals surface area contributed by atoms with Gasteiger partial charge in [-0.05, 0) is 67.5 Å². The number of hydrogen-bond donors (Lipinski definition) is 1. The van der Waals surface area contributed by atoms with E-state index in [2.05, 4.69) is 5.32 Å². The molecule has 1 N–H and O–H groups in total. The van der Waals surface area contributed by atoms with Gasteiger partial charge in [0.05, 0.1) is 27.2 Å². The van der Waals surface area contributed by atoms with Gasteiger partial charge >= 0.3 is 0 Å². The van der Waals surface area contributed by atoms with E-state index in [1.165, 1.54) is 4.90 Å². The van der Waals surface area contributed by atoms with E-state index in [4.69, 9.17) is 26.4 Å². The summed E-state index contributed by atoms with van der Waals surface area (Å²) in [5.74, 6) is 1.57. The lowest BCUT2D eigenvalue weighted by atomic mass is 10.1. The fourth-order valence-electron chi connectivity index (χ4n) is 3.70. The largest absolute Gasteiger partial charge is 0.494 e. The highest BCUT2D eigenvalue weighted by molar-refractivity contribution is 7.80. The van der Waals surface area contributed by atoms with E-state index in [9.17, 15) is 9.59 Å². The van der Waals surface area contributed by atoms with Gasteiger partial charge in [-0.15, -0.1) is 0 Å². The average Bonchev–Trinajstić information content (AvgIpc) is 3.02. The van der Waals surface area contributed by atoms with E-state index in [0.29, 0.717) is 41.9 Å². The molecule has 2 aromatic rings. The third kappa shape index (κ3) is 5.73. The minimum absolute atomic E-state index is 0.00244. The number of likely N-dealkylation sites (N-methyl/N-ethyl adjacent to an activating group) is 1. The second-order valence-corrected chi connectivity index (χ2v) is 7.90. The lowest BCUT2D eigenvalue weighted by Crippen LogP contribution is -2.39. The zero-order chi connectivity index (χ0) is 24.0. The van der Waals surface area contributed by atoms with Crippen molar-refractivity contribution in [3.8, 4) is 17.2 Å². The molecule has 8 nitrogen and oxygen atoms in total. The number of hydrogen-bond acceptors (Lipinski definition) is 6. The highest BCUT2D eigenvalue weighted by Crippen LogP contribution is 2.28. The van der Waals surface area contributed by atoms with Gasteiger partial charge in [0.1, 0.15) is 11.8 Å². The Labute approximate surface area is 199 Å². The summed E-state index contributed by atoms with van der Waals surface area (Å²) in [7, 11) is 4.81. The maximum absolute atomic E-state index is 12.8. The molecule has 9 heteroatoms. The molecule has 0 aromatic heterocycles. The molecule has 0 bridgehead atoms. The fourth-order valence-corrected chi connectivity index (χ4v) is 4.01. The molecule has 1 saturated heterocycles. The van der Waals surface area contributed by atoms with Gasteiger partial charge in [-0.2, -0.15) is 0 Å². The molecule has 1 fully saturated rings. The number of rotatable bonds is 10. The van der Waals surface area contributed by atoms with Crippen molar-refractivity contribution in [2.45, 2.75) is 25.8 Å². The summed E-state index contributed by atoms with van der Waals surface area (Å²) in [6.45, 7) is 2.97. The molecule has 1 aliphatic heterocycles. The highest BCUT2D eigenvalue weighted by Gasteiger charge is 2.41. The number of thiocarbonyl (C=S) groups is 1. The first-order valence-electron chi connectivity index (χ1n) is 10.7. The van der Waals surface area contributed by atoms with Crippen LogP contribution in [0.1, 0.15) is 18.9 Å². The van der Waals surface area contributed by atoms with Crippen LogP contribution >= 0.6 is 12.2 Å². The maximum atomic E-state index is 12.8. The second-order valence-electron chi connectivity index (χ2n) is 7.54. The third-order valence-corrected chi connectivity index (χ3v) is 5.95. The maximum Gasteiger partial charge on any atom is 0.251 e. The molecule has 2 amide bonds. The van der Waals surface area contributed by atoms with Crippen LogP contribution < -0.4 is 19.5 Å². The van der Waals surface area contributed by atoms with Gasteiger partial charge in [0.25, 0.3) is 5.91 Å². The lowest BCUT2D eigenvalue weighted by Gasteiger charge is -2.23. The monoisotopic (exact) mass is 471 g/mol. The Bertz CT molecular complexity index is 1010. The van der Waals surface area contributed by atoms with Gasteiger partial charge in [0.15, 0.2) is 16.6 Å². The Morgan fingerprint density at radius 1 is 1.09 bits per heavy atom. The normalized spacial score (nSPS) is 15.6. The molecular weight excluding hydrogens is 442 g/mol. The molecule has 176 valence electrons. The number of carbonyl (C=O) groups is 2. The standard InChI is InChI=1S/C24H29N3O5S/c1-5-32-18-9-7-17(8-10-18)25-22(28)15-19-23(29)26(2)24(33)27(19)13-12-16-6-11-20(30-3)21(14-16)31-4/h6-11,14,19H,5,12-13,15H2,1-4H3,(H,25,28). The number of nitrogens with one attached hydrogen (secondary N) is 1. The first kappa shape index (κ1) is 24.3. The van der Waals surface area contributed by atoms with E-state index < -0.39 is 6.04 Å². The van der Waals surface area contributed by atoms with Crippen molar-refractivity contribution in [2.75, 3.05) is 39.7 Å². The quantitative estimate of drug-likeness (QED) is 0.534. The highest BCUT2D eigenvalue weighted by atomic mass is 32.1. The second kappa shape index (κ2) is 11.0. The minimum atomic E-state index is -0.648. The summed E-state index contributed by atoms with van der Waals surface area (Å²) >= 11 is 5.48. The van der Waals surface area contributed by atoms with Crippen molar-refractivity contribution in [2.24, 2.45) is 0 Å². The zero-order valence-corrected chi connectivity index (χ0v) is 20.1. The average molecular weight is 472 g/mol. The van der Waals surface area contributed by atoms with Crippen molar-refractivity contribution in [1.82, 2.24) is 9.80 Å². The SMILES string of the molecule is CCOc1ccc(NC(=O)CC2C(=O)N(C)C(=S)N2CCc2ccc(OC)c(OC)c2)cc1. The molecule has 0 spiro atoms. The third-order valence-electron chi connectivity index (χ3n) is 5.44. The Hall–Kier alpha value is -3.33. The van der Waals surface area contributed by atoms with Crippen molar-refractivity contribution >= 4 is 34.8 Å². The fraction of sp³-hybridized carbons (Fsp3) is 0.375. The van der Waals surface area contributed by atoms with Crippen molar-refractivity contribution in [3.63, 3.8) is 0 Å². The van der Waals surface area contributed by atoms with Crippen LogP contribution in [0.15, 0.2) is 42.5 Å². The van der Waals surface area contributed by atoms with E-state index in [1.54, 1.807) is 45.5 Å². The Morgan fingerprint density at radius 3 is 2.42 bits per heavy atom. The van der Waals surface area contributed by atoms with E-state index in [0.717, 1.165) is 11.3 Å². The molecular formula is C24H29N3O5S. The minimum Gasteiger partial charge on any atom is -0.494 e. The Morgan fingerprint density at radius 2 is 1.79 bits per heavy atom. The van der Waals surface area contributed by atoms with Crippen LogP contribution in [0.3, 0.4) is 0 Å². The van der Waals surface area contributed by atoms with Crippen LogP contribution in [-0.2, 0) is 16.0 Å². The smallest absolute Gasteiger partial charge is 0.251 e. The first-order valence-corrected chi connectivity index (χ1v) is 11.1. The van der Waals surface area contributed by atoms with Gasteiger partial charge < -0.3 is 24.4 Å². The van der Waals surface area contributed by atoms with Crippen LogP contribution in [0.25, 0.3) is 0 Å². The van der Waals surface area contributed by atoms with E-state index in [1.807, 2.05) is 30.0 Å². The number of ether oxygens (including phenoxy) is 3. The van der Waals surface area contributed by atoms with Crippen LogP contribution in [0, 0.1) is 0 Å². The van der Waals surface area contributed by atoms with Crippen LogP contribution in [0.4, 0.5) is 5.69 Å². The summed E-state index contributed by atoms with van der Waals surface area (Å²) in [5, 5.41) is 3.26. The van der Waals surface area contributed by atoms with Gasteiger partial charge in [-0.25, -0.2) is 0 Å². The molecule has 1 unspecified atom stereocenters. The molecule has 3 rings (SSSR count). The summed E-state index contributed by atoms with van der Waals surface area (Å²) in [6.07, 6.45) is 0.626.